The van der Waals surface area contributed by atoms with Crippen LogP contribution in [0.1, 0.15) is 0 Å². The van der Waals surface area contributed by atoms with Crippen molar-refractivity contribution in [3.8, 4) is 0 Å². The van der Waals surface area contributed by atoms with E-state index in [2.05, 4.69) is 17.2 Å². The average molecular weight is 292 g/mol. The number of carboxylic acid groups (broad SMARTS) is 3. The van der Waals surface area contributed by atoms with Crippen molar-refractivity contribution in [2.75, 3.05) is 19.6 Å². The summed E-state index contributed by atoms with van der Waals surface area (Å²) in [4.78, 5) is 27.7. The maximum atomic E-state index is 9.24. The first-order valence-electron chi connectivity index (χ1n) is 3.57. The summed E-state index contributed by atoms with van der Waals surface area (Å²) in [7, 11) is 0. The summed E-state index contributed by atoms with van der Waals surface area (Å²) >= 11 is 0. The molecule has 0 fully saturated rings. The van der Waals surface area contributed by atoms with Crippen LogP contribution in [0.5, 0.6) is 0 Å². The second-order valence-electron chi connectivity index (χ2n) is 1.79. The van der Waals surface area contributed by atoms with Gasteiger partial charge in [-0.15, -0.1) is 0 Å². The quantitative estimate of drug-likeness (QED) is 0.280. The molecule has 18 heavy (non-hydrogen) atoms. The topological polar surface area (TPSA) is 218 Å². The molecule has 0 saturated carbocycles. The van der Waals surface area contributed by atoms with Crippen LogP contribution in [0.15, 0.2) is 0 Å². The molecule has 0 aromatic carbocycles. The molecule has 0 aromatic rings. The Bertz CT molecular complexity index is 174. The van der Waals surface area contributed by atoms with Crippen LogP contribution < -0.4 is 17.2 Å². The molecule has 0 saturated heterocycles. The maximum Gasteiger partial charge on any atom is 3.00 e. The molecule has 0 unspecified atom stereocenters. The summed E-state index contributed by atoms with van der Waals surface area (Å²) in [6.07, 6.45) is 0. The summed E-state index contributed by atoms with van der Waals surface area (Å²) in [5.41, 5.74) is 13.7. The third-order valence-corrected chi connectivity index (χ3v) is 0.524. The summed E-state index contributed by atoms with van der Waals surface area (Å²) < 4.78 is 0. The third kappa shape index (κ3) is 107. The number of hydrogen-bond donors (Lipinski definition) is 6. The van der Waals surface area contributed by atoms with Crippen molar-refractivity contribution >= 4 is 58.3 Å². The van der Waals surface area contributed by atoms with E-state index in [9.17, 15) is 14.4 Å². The minimum Gasteiger partial charge on any atom is -2.00 e. The van der Waals surface area contributed by atoms with Crippen LogP contribution in [0.3, 0.4) is 0 Å². The van der Waals surface area contributed by atoms with E-state index >= 15 is 0 Å². The van der Waals surface area contributed by atoms with E-state index in [4.69, 9.17) is 15.3 Å². The number of nitrogens with two attached hydrogens (primary N) is 3. The predicted molar refractivity (Wildman–Crippen MR) is 62.3 cm³/mol. The van der Waals surface area contributed by atoms with Crippen LogP contribution in [0.4, 0.5) is 0 Å². The van der Waals surface area contributed by atoms with Crippen LogP contribution in [-0.4, -0.2) is 93.3 Å². The zero-order valence-electron chi connectivity index (χ0n) is 9.61. The van der Waals surface area contributed by atoms with Gasteiger partial charge in [-0.05, 0) is 0 Å². The minimum atomic E-state index is -0.968. The van der Waals surface area contributed by atoms with Gasteiger partial charge in [-0.25, -0.2) is 0 Å². The Morgan fingerprint density at radius 1 is 0.722 bits per heavy atom. The van der Waals surface area contributed by atoms with E-state index in [-0.39, 0.29) is 65.5 Å². The molecular weight excluding hydrogens is 277 g/mol. The van der Waals surface area contributed by atoms with Gasteiger partial charge in [0, 0.05) is 0 Å². The van der Waals surface area contributed by atoms with Crippen LogP contribution in [0, 0.1) is 0 Å². The molecule has 0 bridgehead atoms. The van der Waals surface area contributed by atoms with Gasteiger partial charge in [-0.1, -0.05) is 0 Å². The first-order chi connectivity index (χ1) is 6.81. The zero-order chi connectivity index (χ0) is 12.9. The number of carbonyl (C=O) groups is 3. The molecule has 0 aliphatic rings. The Kier molecular flexibility index (Phi) is 60.1. The first-order valence-corrected chi connectivity index (χ1v) is 3.57. The van der Waals surface area contributed by atoms with Crippen molar-refractivity contribution in [3.05, 3.63) is 0 Å². The first kappa shape index (κ1) is 36.0. The van der Waals surface area contributed by atoms with Crippen molar-refractivity contribution in [2.24, 2.45) is 17.2 Å². The fourth-order valence-corrected chi connectivity index (χ4v) is 0. The molecule has 0 aromatic heterocycles. The summed E-state index contributed by atoms with van der Waals surface area (Å²) in [5, 5.41) is 22.8. The van der Waals surface area contributed by atoms with Crippen molar-refractivity contribution in [2.45, 2.75) is 0 Å². The number of carboxylic acids is 3. The Labute approximate surface area is 130 Å². The van der Waals surface area contributed by atoms with Gasteiger partial charge in [0.15, 0.2) is 0 Å². The largest absolute Gasteiger partial charge is 3.00 e. The molecule has 9 N–H and O–H groups in total. The Hall–Kier alpha value is -0.451. The molecular formula is C6H15AlMgN3O7+3. The molecule has 0 amide bonds. The Morgan fingerprint density at radius 3 is 0.778 bits per heavy atom. The second kappa shape index (κ2) is 30.0. The molecule has 98 valence electrons. The molecule has 0 spiro atoms. The van der Waals surface area contributed by atoms with Gasteiger partial charge in [0.05, 0.1) is 19.6 Å². The van der Waals surface area contributed by atoms with Crippen molar-refractivity contribution in [3.63, 3.8) is 0 Å². The SMILES string of the molecule is NCC(=O)O.NCC(=O)O.NCC(=O)O.[Al+3].[Mg+2].[O-2]. The van der Waals surface area contributed by atoms with Crippen LogP contribution in [0.2, 0.25) is 0 Å². The number of rotatable bonds is 3. The maximum absolute atomic E-state index is 9.24. The average Bonchev–Trinajstić information content (AvgIpc) is 2.19. The molecule has 0 heterocycles. The van der Waals surface area contributed by atoms with Crippen molar-refractivity contribution < 1.29 is 35.2 Å². The predicted octanol–water partition coefficient (Wildman–Crippen LogP) is -3.79. The number of aliphatic carboxylic acids is 3. The van der Waals surface area contributed by atoms with E-state index in [0.29, 0.717) is 0 Å². The van der Waals surface area contributed by atoms with Crippen LogP contribution >= 0.6 is 0 Å². The molecule has 12 heteroatoms. The van der Waals surface area contributed by atoms with Gasteiger partial charge in [-0.2, -0.15) is 0 Å². The van der Waals surface area contributed by atoms with Crippen LogP contribution in [-0.2, 0) is 19.9 Å². The summed E-state index contributed by atoms with van der Waals surface area (Å²) in [6, 6.07) is 0. The van der Waals surface area contributed by atoms with E-state index in [1.165, 1.54) is 0 Å². The molecule has 0 rings (SSSR count). The van der Waals surface area contributed by atoms with Gasteiger partial charge in [0.25, 0.3) is 0 Å². The fourth-order valence-electron chi connectivity index (χ4n) is 0. The minimum absolute atomic E-state index is 0. The van der Waals surface area contributed by atoms with E-state index in [1.54, 1.807) is 0 Å². The Morgan fingerprint density at radius 2 is 0.778 bits per heavy atom. The normalized spacial score (nSPS) is 6.17. The van der Waals surface area contributed by atoms with E-state index in [1.807, 2.05) is 0 Å². The fraction of sp³-hybridized carbons (Fsp3) is 0.500. The molecule has 0 aliphatic carbocycles. The standard InChI is InChI=1S/3C2H5NO2.Al.Mg.O/c3*3-1-2(4)5;;;/h3*1,3H2,(H,4,5);;;/q;;;+3;+2;-2. The zero-order valence-corrected chi connectivity index (χ0v) is 12.2. The summed E-state index contributed by atoms with van der Waals surface area (Å²) in [6.45, 7) is -0.833. The smallest absolute Gasteiger partial charge is 2.00 e. The second-order valence-corrected chi connectivity index (χ2v) is 1.79. The van der Waals surface area contributed by atoms with E-state index < -0.39 is 17.9 Å². The van der Waals surface area contributed by atoms with Crippen LogP contribution in [0.25, 0.3) is 0 Å². The molecule has 10 nitrogen and oxygen atoms in total. The van der Waals surface area contributed by atoms with E-state index in [0.717, 1.165) is 0 Å². The van der Waals surface area contributed by atoms with Crippen molar-refractivity contribution in [1.82, 2.24) is 0 Å². The van der Waals surface area contributed by atoms with Gasteiger partial charge >= 0.3 is 58.3 Å². The van der Waals surface area contributed by atoms with Crippen molar-refractivity contribution in [1.29, 1.82) is 0 Å². The van der Waals surface area contributed by atoms with Gasteiger partial charge in [-0.3, -0.25) is 14.4 Å². The summed E-state index contributed by atoms with van der Waals surface area (Å²) in [5.74, 6) is -2.90. The third-order valence-electron chi connectivity index (χ3n) is 0.524. The molecule has 0 radical (unpaired) electrons. The van der Waals surface area contributed by atoms with Gasteiger partial charge < -0.3 is 38.0 Å². The monoisotopic (exact) mass is 292 g/mol. The van der Waals surface area contributed by atoms with Gasteiger partial charge in [0.2, 0.25) is 0 Å². The molecule has 0 aliphatic heterocycles. The number of hydrogen-bond acceptors (Lipinski definition) is 6. The molecule has 0 atom stereocenters. The Balaban J connectivity index is -0.0000000277. The van der Waals surface area contributed by atoms with Gasteiger partial charge in [0.1, 0.15) is 0 Å².